The highest BCUT2D eigenvalue weighted by Crippen LogP contribution is 2.27. The maximum atomic E-state index is 12.8. The van der Waals surface area contributed by atoms with Gasteiger partial charge in [0, 0.05) is 24.7 Å². The van der Waals surface area contributed by atoms with Crippen LogP contribution in [0, 0.1) is 0 Å². The van der Waals surface area contributed by atoms with Gasteiger partial charge in [0.05, 0.1) is 6.26 Å². The summed E-state index contributed by atoms with van der Waals surface area (Å²) in [6.45, 7) is 0.620. The average molecular weight is 368 g/mol. The number of fused-ring (bicyclic) bond motifs is 2. The molecule has 25 heavy (non-hydrogen) atoms. The molecule has 6 nitrogen and oxygen atoms in total. The highest BCUT2D eigenvalue weighted by Gasteiger charge is 2.37. The molecular weight excluding hydrogens is 342 g/mol. The molecule has 7 heteroatoms. The highest BCUT2D eigenvalue weighted by molar-refractivity contribution is 5.95. The predicted octanol–water partition coefficient (Wildman–Crippen LogP) is 2.10. The van der Waals surface area contributed by atoms with Crippen molar-refractivity contribution in [1.82, 2.24) is 15.5 Å². The molecule has 2 amide bonds. The molecule has 2 N–H and O–H groups in total. The van der Waals surface area contributed by atoms with Crippen LogP contribution in [0.2, 0.25) is 0 Å². The fourth-order valence-electron chi connectivity index (χ4n) is 4.46. The lowest BCUT2D eigenvalue weighted by molar-refractivity contribution is -0.127. The minimum Gasteiger partial charge on any atom is -0.459 e. The number of rotatable bonds is 3. The Morgan fingerprint density at radius 2 is 1.92 bits per heavy atom. The van der Waals surface area contributed by atoms with Crippen LogP contribution in [0.4, 0.5) is 0 Å². The van der Waals surface area contributed by atoms with Gasteiger partial charge in [-0.25, -0.2) is 0 Å². The standard InChI is InChI=1S/C18H25N3O3.ClH/c22-17(20-14-10-12-6-7-13(11-14)19-12)15-4-1-2-8-21(15)18(23)16-5-3-9-24-16;/h3,5,9,12-15,19H,1-2,4,6-8,10-11H2,(H,20,22);1H. The summed E-state index contributed by atoms with van der Waals surface area (Å²) < 4.78 is 5.23. The molecule has 1 aromatic heterocycles. The van der Waals surface area contributed by atoms with Crippen molar-refractivity contribution >= 4 is 24.2 Å². The zero-order valence-electron chi connectivity index (χ0n) is 14.3. The molecule has 1 aromatic rings. The number of nitrogens with one attached hydrogen (secondary N) is 2. The Balaban J connectivity index is 0.00000182. The van der Waals surface area contributed by atoms with Crippen molar-refractivity contribution < 1.29 is 14.0 Å². The van der Waals surface area contributed by atoms with Gasteiger partial charge in [-0.1, -0.05) is 0 Å². The first-order valence-corrected chi connectivity index (χ1v) is 9.11. The van der Waals surface area contributed by atoms with Crippen molar-refractivity contribution in [1.29, 1.82) is 0 Å². The Kier molecular flexibility index (Phi) is 5.69. The summed E-state index contributed by atoms with van der Waals surface area (Å²) in [5, 5.41) is 6.81. The molecule has 3 aliphatic rings. The van der Waals surface area contributed by atoms with Gasteiger partial charge in [-0.05, 0) is 57.1 Å². The van der Waals surface area contributed by atoms with Gasteiger partial charge in [-0.3, -0.25) is 9.59 Å². The monoisotopic (exact) mass is 367 g/mol. The maximum absolute atomic E-state index is 12.8. The van der Waals surface area contributed by atoms with E-state index < -0.39 is 0 Å². The summed E-state index contributed by atoms with van der Waals surface area (Å²) >= 11 is 0. The molecule has 3 unspecified atom stereocenters. The lowest BCUT2D eigenvalue weighted by Crippen LogP contribution is -2.56. The zero-order chi connectivity index (χ0) is 16.5. The molecule has 2 bridgehead atoms. The number of halogens is 1. The van der Waals surface area contributed by atoms with Crippen LogP contribution < -0.4 is 10.6 Å². The number of carbonyl (C=O) groups is 2. The Morgan fingerprint density at radius 3 is 2.60 bits per heavy atom. The van der Waals surface area contributed by atoms with E-state index in [-0.39, 0.29) is 36.3 Å². The van der Waals surface area contributed by atoms with Crippen molar-refractivity contribution in [3.05, 3.63) is 24.2 Å². The summed E-state index contributed by atoms with van der Waals surface area (Å²) in [6, 6.07) is 4.32. The number of hydrogen-bond donors (Lipinski definition) is 2. The van der Waals surface area contributed by atoms with Crippen LogP contribution in [-0.4, -0.2) is 47.4 Å². The summed E-state index contributed by atoms with van der Waals surface area (Å²) in [5.74, 6) is 0.140. The molecule has 3 atom stereocenters. The normalized spacial score (nSPS) is 31.3. The molecule has 3 aliphatic heterocycles. The van der Waals surface area contributed by atoms with E-state index >= 15 is 0 Å². The number of hydrogen-bond acceptors (Lipinski definition) is 4. The number of amides is 2. The van der Waals surface area contributed by atoms with E-state index in [1.807, 2.05) is 0 Å². The third-order valence-electron chi connectivity index (χ3n) is 5.62. The fraction of sp³-hybridized carbons (Fsp3) is 0.667. The Bertz CT molecular complexity index is 595. The summed E-state index contributed by atoms with van der Waals surface area (Å²) in [5.41, 5.74) is 0. The van der Waals surface area contributed by atoms with Gasteiger partial charge >= 0.3 is 0 Å². The lowest BCUT2D eigenvalue weighted by Gasteiger charge is -2.36. The quantitative estimate of drug-likeness (QED) is 0.857. The van der Waals surface area contributed by atoms with E-state index in [2.05, 4.69) is 10.6 Å². The fourth-order valence-corrected chi connectivity index (χ4v) is 4.46. The molecule has 3 fully saturated rings. The minimum atomic E-state index is -0.371. The van der Waals surface area contributed by atoms with Gasteiger partial charge in [-0.2, -0.15) is 0 Å². The number of likely N-dealkylation sites (tertiary alicyclic amines) is 1. The van der Waals surface area contributed by atoms with E-state index in [9.17, 15) is 9.59 Å². The van der Waals surface area contributed by atoms with Gasteiger partial charge in [-0.15, -0.1) is 12.4 Å². The first-order chi connectivity index (χ1) is 11.7. The second-order valence-corrected chi connectivity index (χ2v) is 7.30. The van der Waals surface area contributed by atoms with Crippen molar-refractivity contribution in [2.75, 3.05) is 6.54 Å². The van der Waals surface area contributed by atoms with Crippen LogP contribution in [-0.2, 0) is 4.79 Å². The molecule has 138 valence electrons. The maximum Gasteiger partial charge on any atom is 0.290 e. The van der Waals surface area contributed by atoms with Gasteiger partial charge in [0.1, 0.15) is 6.04 Å². The highest BCUT2D eigenvalue weighted by atomic mass is 35.5. The second kappa shape index (κ2) is 7.79. The van der Waals surface area contributed by atoms with E-state index in [1.54, 1.807) is 17.0 Å². The van der Waals surface area contributed by atoms with Gasteiger partial charge in [0.2, 0.25) is 5.91 Å². The van der Waals surface area contributed by atoms with Crippen LogP contribution in [0.5, 0.6) is 0 Å². The van der Waals surface area contributed by atoms with Crippen LogP contribution in [0.15, 0.2) is 22.8 Å². The van der Waals surface area contributed by atoms with E-state index in [0.717, 1.165) is 32.1 Å². The number of piperidine rings is 2. The molecule has 4 rings (SSSR count). The van der Waals surface area contributed by atoms with Crippen molar-refractivity contribution in [2.45, 2.75) is 69.1 Å². The number of carbonyl (C=O) groups excluding carboxylic acids is 2. The minimum absolute atomic E-state index is 0. The van der Waals surface area contributed by atoms with E-state index in [1.165, 1.54) is 19.1 Å². The zero-order valence-corrected chi connectivity index (χ0v) is 15.1. The van der Waals surface area contributed by atoms with E-state index in [4.69, 9.17) is 4.42 Å². The molecule has 0 aliphatic carbocycles. The third-order valence-corrected chi connectivity index (χ3v) is 5.62. The van der Waals surface area contributed by atoms with Crippen molar-refractivity contribution in [2.24, 2.45) is 0 Å². The molecule has 0 aromatic carbocycles. The second-order valence-electron chi connectivity index (χ2n) is 7.30. The van der Waals surface area contributed by atoms with Crippen LogP contribution in [0.25, 0.3) is 0 Å². The summed E-state index contributed by atoms with van der Waals surface area (Å²) in [7, 11) is 0. The molecule has 3 saturated heterocycles. The first-order valence-electron chi connectivity index (χ1n) is 9.11. The average Bonchev–Trinajstić information content (AvgIpc) is 3.24. The first kappa shape index (κ1) is 18.3. The topological polar surface area (TPSA) is 74.6 Å². The molecule has 0 spiro atoms. The van der Waals surface area contributed by atoms with Crippen molar-refractivity contribution in [3.63, 3.8) is 0 Å². The van der Waals surface area contributed by atoms with Crippen molar-refractivity contribution in [3.8, 4) is 0 Å². The number of nitrogens with zero attached hydrogens (tertiary/aromatic N) is 1. The van der Waals surface area contributed by atoms with Crippen LogP contribution in [0.1, 0.15) is 55.5 Å². The largest absolute Gasteiger partial charge is 0.459 e. The molecule has 0 radical (unpaired) electrons. The molecule has 4 heterocycles. The lowest BCUT2D eigenvalue weighted by atomic mass is 9.97. The number of furan rings is 1. The van der Waals surface area contributed by atoms with Gasteiger partial charge < -0.3 is 20.0 Å². The molecular formula is C18H26ClN3O3. The van der Waals surface area contributed by atoms with Gasteiger partial charge in [0.15, 0.2) is 5.76 Å². The summed E-state index contributed by atoms with van der Waals surface area (Å²) in [6.07, 6.45) is 8.58. The van der Waals surface area contributed by atoms with Crippen LogP contribution >= 0.6 is 12.4 Å². The predicted molar refractivity (Wildman–Crippen MR) is 95.7 cm³/mol. The summed E-state index contributed by atoms with van der Waals surface area (Å²) in [4.78, 5) is 27.1. The Morgan fingerprint density at radius 1 is 1.16 bits per heavy atom. The van der Waals surface area contributed by atoms with Crippen LogP contribution in [0.3, 0.4) is 0 Å². The van der Waals surface area contributed by atoms with Gasteiger partial charge in [0.25, 0.3) is 5.91 Å². The SMILES string of the molecule is Cl.O=C(NC1CC2CCC(C1)N2)C1CCCCN1C(=O)c1ccco1. The molecule has 0 saturated carbocycles. The smallest absolute Gasteiger partial charge is 0.290 e. The Labute approximate surface area is 154 Å². The van der Waals surface area contributed by atoms with E-state index in [0.29, 0.717) is 24.4 Å². The third kappa shape index (κ3) is 3.85. The Hall–Kier alpha value is -1.53.